The maximum Gasteiger partial charge on any atom is 0.301 e. The van der Waals surface area contributed by atoms with Crippen molar-refractivity contribution in [3.05, 3.63) is 44.7 Å². The Balaban J connectivity index is 2.99. The Morgan fingerprint density at radius 2 is 2.15 bits per heavy atom. The van der Waals surface area contributed by atoms with E-state index >= 15 is 0 Å². The molecule has 0 amide bonds. The highest BCUT2D eigenvalue weighted by molar-refractivity contribution is 5.90. The second kappa shape index (κ2) is 5.04. The minimum absolute atomic E-state index is 0.167. The number of benzene rings is 1. The summed E-state index contributed by atoms with van der Waals surface area (Å²) in [5, 5.41) is 21.1. The number of fused-ring (bicyclic) bond motifs is 1. The van der Waals surface area contributed by atoms with E-state index in [1.165, 1.54) is 36.1 Å². The highest BCUT2D eigenvalue weighted by atomic mass is 16.6. The fraction of sp³-hybridized carbons (Fsp3) is 0.154. The Hall–Kier alpha value is -2.83. The molecule has 0 fully saturated rings. The van der Waals surface area contributed by atoms with E-state index in [1.54, 1.807) is 13.0 Å². The molecule has 0 spiro atoms. The summed E-state index contributed by atoms with van der Waals surface area (Å²) < 4.78 is 6.09. The van der Waals surface area contributed by atoms with Gasteiger partial charge in [-0.2, -0.15) is 0 Å². The first-order chi connectivity index (χ1) is 9.51. The molecule has 1 heterocycles. The summed E-state index contributed by atoms with van der Waals surface area (Å²) in [6.07, 6.45) is 3.06. The van der Waals surface area contributed by atoms with Crippen LogP contribution in [-0.2, 0) is 0 Å². The van der Waals surface area contributed by atoms with E-state index in [2.05, 4.69) is 0 Å². The number of hydrogen-bond donors (Lipinski definition) is 1. The number of methoxy groups -OCH3 is 1. The van der Waals surface area contributed by atoms with Gasteiger partial charge < -0.3 is 9.84 Å². The average molecular weight is 276 g/mol. The molecule has 7 heteroatoms. The molecule has 1 aromatic heterocycles. The SMILES string of the molecule is CC=Cn1c(=O)c(OC)c(O)c2ccc([N+](=O)[O-])cc21. The minimum Gasteiger partial charge on any atom is -0.504 e. The molecule has 0 aliphatic heterocycles. The number of nitrogens with zero attached hydrogens (tertiary/aromatic N) is 2. The second-order valence-electron chi connectivity index (χ2n) is 4.00. The summed E-state index contributed by atoms with van der Waals surface area (Å²) in [4.78, 5) is 22.4. The Morgan fingerprint density at radius 1 is 1.45 bits per heavy atom. The summed E-state index contributed by atoms with van der Waals surface area (Å²) in [7, 11) is 1.27. The maximum absolute atomic E-state index is 12.2. The number of nitro benzene ring substituents is 1. The van der Waals surface area contributed by atoms with Crippen LogP contribution in [0.4, 0.5) is 5.69 Å². The Kier molecular flexibility index (Phi) is 3.43. The van der Waals surface area contributed by atoms with Gasteiger partial charge in [-0.25, -0.2) is 0 Å². The van der Waals surface area contributed by atoms with Gasteiger partial charge in [0.25, 0.3) is 5.69 Å². The van der Waals surface area contributed by atoms with Gasteiger partial charge >= 0.3 is 5.56 Å². The van der Waals surface area contributed by atoms with Gasteiger partial charge in [0, 0.05) is 23.7 Å². The zero-order chi connectivity index (χ0) is 14.9. The van der Waals surface area contributed by atoms with E-state index in [9.17, 15) is 20.0 Å². The first kappa shape index (κ1) is 13.6. The second-order valence-corrected chi connectivity index (χ2v) is 4.00. The number of aromatic hydroxyl groups is 1. The van der Waals surface area contributed by atoms with Crippen LogP contribution in [0, 0.1) is 10.1 Å². The lowest BCUT2D eigenvalue weighted by molar-refractivity contribution is -0.384. The average Bonchev–Trinajstić information content (AvgIpc) is 2.43. The molecule has 0 aliphatic rings. The van der Waals surface area contributed by atoms with Crippen molar-refractivity contribution in [2.45, 2.75) is 6.92 Å². The molecular weight excluding hydrogens is 264 g/mol. The summed E-state index contributed by atoms with van der Waals surface area (Å²) in [5.74, 6) is -0.535. The number of allylic oxidation sites excluding steroid dienone is 1. The topological polar surface area (TPSA) is 94.6 Å². The van der Waals surface area contributed by atoms with Gasteiger partial charge in [-0.3, -0.25) is 19.5 Å². The van der Waals surface area contributed by atoms with E-state index in [1.807, 2.05) is 0 Å². The molecule has 0 bridgehead atoms. The van der Waals surface area contributed by atoms with Crippen LogP contribution in [0.5, 0.6) is 11.5 Å². The molecule has 1 N–H and O–H groups in total. The largest absolute Gasteiger partial charge is 0.504 e. The van der Waals surface area contributed by atoms with Gasteiger partial charge in [0.05, 0.1) is 17.5 Å². The fourth-order valence-corrected chi connectivity index (χ4v) is 1.96. The molecule has 1 aromatic carbocycles. The van der Waals surface area contributed by atoms with E-state index in [0.717, 1.165) is 0 Å². The van der Waals surface area contributed by atoms with Gasteiger partial charge in [-0.05, 0) is 13.0 Å². The zero-order valence-corrected chi connectivity index (χ0v) is 10.9. The lowest BCUT2D eigenvalue weighted by Gasteiger charge is -2.11. The predicted octanol–water partition coefficient (Wildman–Crippen LogP) is 2.11. The molecule has 2 aromatic rings. The van der Waals surface area contributed by atoms with Crippen LogP contribution in [0.15, 0.2) is 29.1 Å². The number of hydrogen-bond acceptors (Lipinski definition) is 5. The minimum atomic E-state index is -0.587. The van der Waals surface area contributed by atoms with Crippen LogP contribution in [-0.4, -0.2) is 21.7 Å². The van der Waals surface area contributed by atoms with Gasteiger partial charge in [0.1, 0.15) is 0 Å². The molecule has 0 aliphatic carbocycles. The van der Waals surface area contributed by atoms with Crippen molar-refractivity contribution < 1.29 is 14.8 Å². The number of ether oxygens (including phenoxy) is 1. The highest BCUT2D eigenvalue weighted by Gasteiger charge is 2.18. The molecule has 0 atom stereocenters. The third-order valence-corrected chi connectivity index (χ3v) is 2.84. The summed E-state index contributed by atoms with van der Waals surface area (Å²) in [5.41, 5.74) is -0.517. The summed E-state index contributed by atoms with van der Waals surface area (Å²) in [6, 6.07) is 3.87. The van der Waals surface area contributed by atoms with Crippen molar-refractivity contribution in [3.8, 4) is 11.5 Å². The summed E-state index contributed by atoms with van der Waals surface area (Å²) >= 11 is 0. The quantitative estimate of drug-likeness (QED) is 0.684. The first-order valence-corrected chi connectivity index (χ1v) is 5.73. The van der Waals surface area contributed by atoms with E-state index < -0.39 is 10.5 Å². The van der Waals surface area contributed by atoms with Gasteiger partial charge in [0.2, 0.25) is 5.75 Å². The molecule has 104 valence electrons. The normalized spacial score (nSPS) is 11.1. The van der Waals surface area contributed by atoms with Crippen molar-refractivity contribution in [2.75, 3.05) is 7.11 Å². The van der Waals surface area contributed by atoms with Crippen LogP contribution >= 0.6 is 0 Å². The monoisotopic (exact) mass is 276 g/mol. The molecule has 0 saturated heterocycles. The van der Waals surface area contributed by atoms with E-state index in [0.29, 0.717) is 5.39 Å². The lowest BCUT2D eigenvalue weighted by atomic mass is 10.1. The zero-order valence-electron chi connectivity index (χ0n) is 10.9. The van der Waals surface area contributed by atoms with Gasteiger partial charge in [-0.1, -0.05) is 6.08 Å². The molecule has 7 nitrogen and oxygen atoms in total. The van der Waals surface area contributed by atoms with Crippen LogP contribution in [0.2, 0.25) is 0 Å². The van der Waals surface area contributed by atoms with Gasteiger partial charge in [0.15, 0.2) is 5.75 Å². The van der Waals surface area contributed by atoms with E-state index in [4.69, 9.17) is 4.74 Å². The number of rotatable bonds is 3. The van der Waals surface area contributed by atoms with Crippen molar-refractivity contribution in [2.24, 2.45) is 0 Å². The van der Waals surface area contributed by atoms with E-state index in [-0.39, 0.29) is 22.7 Å². The van der Waals surface area contributed by atoms with Gasteiger partial charge in [-0.15, -0.1) is 0 Å². The molecule has 2 rings (SSSR count). The molecule has 20 heavy (non-hydrogen) atoms. The Morgan fingerprint density at radius 3 is 2.70 bits per heavy atom. The van der Waals surface area contributed by atoms with Crippen molar-refractivity contribution in [1.29, 1.82) is 0 Å². The smallest absolute Gasteiger partial charge is 0.301 e. The third-order valence-electron chi connectivity index (χ3n) is 2.84. The number of pyridine rings is 1. The fourth-order valence-electron chi connectivity index (χ4n) is 1.96. The van der Waals surface area contributed by atoms with Crippen LogP contribution in [0.3, 0.4) is 0 Å². The third kappa shape index (κ3) is 1.99. The molecule has 0 radical (unpaired) electrons. The Labute approximate surface area is 113 Å². The highest BCUT2D eigenvalue weighted by Crippen LogP contribution is 2.33. The lowest BCUT2D eigenvalue weighted by Crippen LogP contribution is -2.18. The maximum atomic E-state index is 12.2. The number of nitro groups is 1. The van der Waals surface area contributed by atoms with Crippen molar-refractivity contribution in [3.63, 3.8) is 0 Å². The van der Waals surface area contributed by atoms with Crippen LogP contribution < -0.4 is 10.3 Å². The standard InChI is InChI=1S/C13H12N2O5/c1-3-6-14-10-7-8(15(18)19)4-5-9(10)11(16)12(20-2)13(14)17/h3-7,16H,1-2H3. The number of aromatic nitrogens is 1. The van der Waals surface area contributed by atoms with Crippen molar-refractivity contribution in [1.82, 2.24) is 4.57 Å². The number of non-ortho nitro benzene ring substituents is 1. The molecular formula is C13H12N2O5. The van der Waals surface area contributed by atoms with Crippen LogP contribution in [0.25, 0.3) is 17.1 Å². The molecule has 0 saturated carbocycles. The Bertz CT molecular complexity index is 776. The predicted molar refractivity (Wildman–Crippen MR) is 74.1 cm³/mol. The first-order valence-electron chi connectivity index (χ1n) is 5.73. The summed E-state index contributed by atoms with van der Waals surface area (Å²) in [6.45, 7) is 1.70. The molecule has 0 unspecified atom stereocenters. The van der Waals surface area contributed by atoms with Crippen molar-refractivity contribution >= 4 is 22.8 Å². The van der Waals surface area contributed by atoms with Crippen LogP contribution in [0.1, 0.15) is 6.92 Å².